The van der Waals surface area contributed by atoms with Crippen molar-refractivity contribution in [1.29, 1.82) is 0 Å². The molecule has 1 aromatic carbocycles. The molecule has 8 nitrogen and oxygen atoms in total. The van der Waals surface area contributed by atoms with Gasteiger partial charge in [-0.05, 0) is 25.1 Å². The van der Waals surface area contributed by atoms with Crippen molar-refractivity contribution in [3.05, 3.63) is 70.2 Å². The summed E-state index contributed by atoms with van der Waals surface area (Å²) in [5, 5.41) is 5.39. The van der Waals surface area contributed by atoms with Crippen LogP contribution in [0.1, 0.15) is 11.3 Å². The lowest BCUT2D eigenvalue weighted by Crippen LogP contribution is -2.12. The molecule has 4 heterocycles. The molecule has 5 aromatic rings. The van der Waals surface area contributed by atoms with Gasteiger partial charge in [-0.15, -0.1) is 0 Å². The normalized spacial score (nSPS) is 11.6. The zero-order chi connectivity index (χ0) is 20.1. The highest BCUT2D eigenvalue weighted by molar-refractivity contribution is 5.90. The highest BCUT2D eigenvalue weighted by atomic mass is 19.1. The Hall–Kier alpha value is -3.88. The lowest BCUT2D eigenvalue weighted by atomic mass is 10.2. The number of aromatic amines is 1. The summed E-state index contributed by atoms with van der Waals surface area (Å²) in [7, 11) is 1.67. The fourth-order valence-electron chi connectivity index (χ4n) is 3.52. The van der Waals surface area contributed by atoms with Gasteiger partial charge in [-0.3, -0.25) is 9.55 Å². The zero-order valence-corrected chi connectivity index (χ0v) is 15.7. The lowest BCUT2D eigenvalue weighted by molar-refractivity contribution is 0.589. The number of nitrogens with one attached hydrogen (secondary N) is 1. The summed E-state index contributed by atoms with van der Waals surface area (Å²) >= 11 is 0. The average molecular weight is 389 g/mol. The van der Waals surface area contributed by atoms with Crippen molar-refractivity contribution in [2.45, 2.75) is 13.5 Å². The minimum Gasteiger partial charge on any atom is -0.292 e. The van der Waals surface area contributed by atoms with Crippen LogP contribution in [0.5, 0.6) is 0 Å². The van der Waals surface area contributed by atoms with Gasteiger partial charge in [-0.1, -0.05) is 18.2 Å². The van der Waals surface area contributed by atoms with E-state index in [2.05, 4.69) is 25.0 Å². The van der Waals surface area contributed by atoms with E-state index in [1.807, 2.05) is 13.0 Å². The summed E-state index contributed by atoms with van der Waals surface area (Å²) in [5.74, 6) is 0.0751. The number of hydrogen-bond acceptors (Lipinski definition) is 5. The number of hydrogen-bond donors (Lipinski definition) is 1. The van der Waals surface area contributed by atoms with E-state index < -0.39 is 0 Å². The average Bonchev–Trinajstić information content (AvgIpc) is 3.21. The number of pyridine rings is 1. The predicted octanol–water partition coefficient (Wildman–Crippen LogP) is 2.56. The maximum Gasteiger partial charge on any atom is 0.327 e. The molecule has 29 heavy (non-hydrogen) atoms. The molecule has 0 saturated heterocycles. The third-order valence-corrected chi connectivity index (χ3v) is 4.92. The molecule has 0 bridgehead atoms. The van der Waals surface area contributed by atoms with Gasteiger partial charge < -0.3 is 0 Å². The number of imidazole rings is 1. The van der Waals surface area contributed by atoms with E-state index in [0.29, 0.717) is 39.6 Å². The van der Waals surface area contributed by atoms with Gasteiger partial charge in [0.15, 0.2) is 17.1 Å². The van der Waals surface area contributed by atoms with Crippen LogP contribution in [0.4, 0.5) is 4.39 Å². The van der Waals surface area contributed by atoms with E-state index >= 15 is 0 Å². The topological polar surface area (TPSA) is 94.3 Å². The maximum atomic E-state index is 14.2. The molecule has 0 fully saturated rings. The van der Waals surface area contributed by atoms with Crippen molar-refractivity contribution in [2.24, 2.45) is 7.05 Å². The predicted molar refractivity (Wildman–Crippen MR) is 106 cm³/mol. The molecule has 144 valence electrons. The zero-order valence-electron chi connectivity index (χ0n) is 15.7. The minimum atomic E-state index is -0.302. The number of rotatable bonds is 3. The molecule has 0 aliphatic carbocycles. The highest BCUT2D eigenvalue weighted by Crippen LogP contribution is 2.26. The number of aryl methyl sites for hydroxylation is 2. The number of halogens is 1. The first-order chi connectivity index (χ1) is 14.0. The molecular weight excluding hydrogens is 373 g/mol. The number of fused-ring (bicyclic) bond motifs is 2. The van der Waals surface area contributed by atoms with Gasteiger partial charge in [0.25, 0.3) is 0 Å². The van der Waals surface area contributed by atoms with Gasteiger partial charge >= 0.3 is 5.69 Å². The molecule has 0 aliphatic rings. The Labute approximate surface area is 163 Å². The van der Waals surface area contributed by atoms with Crippen LogP contribution < -0.4 is 5.69 Å². The third-order valence-electron chi connectivity index (χ3n) is 4.92. The molecule has 0 unspecified atom stereocenters. The Balaban J connectivity index is 1.71. The molecule has 4 aromatic heterocycles. The van der Waals surface area contributed by atoms with E-state index in [1.165, 1.54) is 10.6 Å². The third kappa shape index (κ3) is 2.70. The summed E-state index contributed by atoms with van der Waals surface area (Å²) < 4.78 is 17.3. The van der Waals surface area contributed by atoms with Crippen LogP contribution in [0, 0.1) is 12.7 Å². The number of aromatic nitrogens is 7. The summed E-state index contributed by atoms with van der Waals surface area (Å²) in [4.78, 5) is 28.2. The summed E-state index contributed by atoms with van der Waals surface area (Å²) in [6.07, 6.45) is 1.66. The molecular formula is C20H16FN7O. The second-order valence-corrected chi connectivity index (χ2v) is 6.79. The van der Waals surface area contributed by atoms with Crippen molar-refractivity contribution in [3.8, 4) is 11.5 Å². The largest absolute Gasteiger partial charge is 0.327 e. The van der Waals surface area contributed by atoms with Crippen LogP contribution in [0.3, 0.4) is 0 Å². The van der Waals surface area contributed by atoms with Crippen LogP contribution in [-0.4, -0.2) is 34.3 Å². The number of nitrogens with zero attached hydrogens (tertiary/aromatic N) is 6. The molecule has 0 atom stereocenters. The van der Waals surface area contributed by atoms with Crippen molar-refractivity contribution in [2.75, 3.05) is 0 Å². The van der Waals surface area contributed by atoms with Gasteiger partial charge in [-0.2, -0.15) is 5.10 Å². The summed E-state index contributed by atoms with van der Waals surface area (Å²) in [6, 6.07) is 10.2. The highest BCUT2D eigenvalue weighted by Gasteiger charge is 2.19. The van der Waals surface area contributed by atoms with Crippen molar-refractivity contribution >= 4 is 22.2 Å². The summed E-state index contributed by atoms with van der Waals surface area (Å²) in [5.41, 5.74) is 3.13. The first-order valence-corrected chi connectivity index (χ1v) is 9.01. The lowest BCUT2D eigenvalue weighted by Gasteiger charge is -2.04. The Morgan fingerprint density at radius 3 is 2.79 bits per heavy atom. The number of H-pyrrole nitrogens is 1. The van der Waals surface area contributed by atoms with E-state index in [-0.39, 0.29) is 18.1 Å². The molecule has 1 N–H and O–H groups in total. The SMILES string of the molecule is Cc1nc(-c2nn(Cc3ccccc3F)c3ncccc23)nc2[nH]c(=O)n(C)c12. The minimum absolute atomic E-state index is 0.226. The quantitative estimate of drug-likeness (QED) is 0.512. The second-order valence-electron chi connectivity index (χ2n) is 6.79. The first-order valence-electron chi connectivity index (χ1n) is 9.01. The molecule has 0 radical (unpaired) electrons. The number of benzene rings is 1. The van der Waals surface area contributed by atoms with E-state index in [0.717, 1.165) is 5.39 Å². The van der Waals surface area contributed by atoms with Crippen molar-refractivity contribution in [1.82, 2.24) is 34.3 Å². The molecule has 0 saturated carbocycles. The monoisotopic (exact) mass is 389 g/mol. The van der Waals surface area contributed by atoms with E-state index in [9.17, 15) is 9.18 Å². The van der Waals surface area contributed by atoms with Gasteiger partial charge in [0.1, 0.15) is 17.0 Å². The van der Waals surface area contributed by atoms with Crippen LogP contribution in [0.2, 0.25) is 0 Å². The smallest absolute Gasteiger partial charge is 0.292 e. The van der Waals surface area contributed by atoms with Crippen LogP contribution in [0.25, 0.3) is 33.7 Å². The van der Waals surface area contributed by atoms with Gasteiger partial charge in [0.2, 0.25) is 0 Å². The molecule has 0 spiro atoms. The van der Waals surface area contributed by atoms with E-state index in [1.54, 1.807) is 42.2 Å². The Bertz CT molecular complexity index is 1450. The van der Waals surface area contributed by atoms with Crippen molar-refractivity contribution < 1.29 is 4.39 Å². The molecule has 9 heteroatoms. The van der Waals surface area contributed by atoms with Crippen LogP contribution in [0.15, 0.2) is 47.4 Å². The fraction of sp³-hybridized carbons (Fsp3) is 0.150. The molecule has 5 rings (SSSR count). The Kier molecular flexibility index (Phi) is 3.76. The van der Waals surface area contributed by atoms with E-state index in [4.69, 9.17) is 0 Å². The van der Waals surface area contributed by atoms with Crippen LogP contribution >= 0.6 is 0 Å². The maximum absolute atomic E-state index is 14.2. The first kappa shape index (κ1) is 17.2. The molecule has 0 aliphatic heterocycles. The van der Waals surface area contributed by atoms with Crippen LogP contribution in [-0.2, 0) is 13.6 Å². The standard InChI is InChI=1S/C20H16FN7O/c1-11-16-18(25-20(29)27(16)2)24-17(23-11)15-13-7-5-9-22-19(13)28(26-15)10-12-6-3-4-8-14(12)21/h3-9H,10H2,1-2H3,(H,23,24,25,29). The Morgan fingerprint density at radius 1 is 1.14 bits per heavy atom. The second kappa shape index (κ2) is 6.33. The van der Waals surface area contributed by atoms with Gasteiger partial charge in [0, 0.05) is 18.8 Å². The van der Waals surface area contributed by atoms with Gasteiger partial charge in [-0.25, -0.2) is 28.8 Å². The van der Waals surface area contributed by atoms with Crippen molar-refractivity contribution in [3.63, 3.8) is 0 Å². The Morgan fingerprint density at radius 2 is 1.97 bits per heavy atom. The van der Waals surface area contributed by atoms with Gasteiger partial charge in [0.05, 0.1) is 17.6 Å². The summed E-state index contributed by atoms with van der Waals surface area (Å²) in [6.45, 7) is 2.04. The fourth-order valence-corrected chi connectivity index (χ4v) is 3.52. The molecule has 0 amide bonds.